The van der Waals surface area contributed by atoms with Crippen LogP contribution in [0.1, 0.15) is 0 Å². The quantitative estimate of drug-likeness (QED) is 0.726. The minimum absolute atomic E-state index is 0.00870. The van der Waals surface area contributed by atoms with Gasteiger partial charge in [-0.25, -0.2) is 0 Å². The van der Waals surface area contributed by atoms with Crippen LogP contribution in [0.25, 0.3) is 16.9 Å². The Morgan fingerprint density at radius 1 is 1.05 bits per heavy atom. The summed E-state index contributed by atoms with van der Waals surface area (Å²) < 4.78 is 0. The molecular weight excluding hydrogens is 260 g/mol. The van der Waals surface area contributed by atoms with Gasteiger partial charge in [-0.2, -0.15) is 15.0 Å². The summed E-state index contributed by atoms with van der Waals surface area (Å²) in [5.74, 6) is 0.00603. The molecule has 0 fully saturated rings. The van der Waals surface area contributed by atoms with Crippen LogP contribution in [0.15, 0.2) is 47.9 Å². The molecule has 3 aromatic rings. The van der Waals surface area contributed by atoms with E-state index >= 15 is 0 Å². The summed E-state index contributed by atoms with van der Waals surface area (Å²) >= 11 is 0. The molecule has 0 aliphatic heterocycles. The van der Waals surface area contributed by atoms with Gasteiger partial charge in [-0.15, -0.1) is 15.1 Å². The van der Waals surface area contributed by atoms with Crippen LogP contribution in [-0.4, -0.2) is 30.3 Å². The van der Waals surface area contributed by atoms with E-state index in [-0.39, 0.29) is 11.6 Å². The van der Waals surface area contributed by atoms with Crippen LogP contribution in [-0.2, 0) is 0 Å². The number of nitrogens with zero attached hydrogens (tertiary/aromatic N) is 6. The first-order valence-electron chi connectivity index (χ1n) is 5.65. The molecule has 20 heavy (non-hydrogen) atoms. The Labute approximate surface area is 112 Å². The monoisotopic (exact) mass is 268 g/mol. The van der Waals surface area contributed by atoms with Gasteiger partial charge < -0.3 is 5.11 Å². The van der Waals surface area contributed by atoms with Crippen LogP contribution >= 0.6 is 0 Å². The molecular formula is C12H8N6O2. The van der Waals surface area contributed by atoms with Crippen molar-refractivity contribution in [3.8, 4) is 22.7 Å². The van der Waals surface area contributed by atoms with E-state index in [2.05, 4.69) is 25.6 Å². The Hall–Kier alpha value is -3.16. The first-order valence-corrected chi connectivity index (χ1v) is 5.65. The van der Waals surface area contributed by atoms with Gasteiger partial charge in [0.25, 0.3) is 0 Å². The van der Waals surface area contributed by atoms with E-state index in [0.717, 1.165) is 0 Å². The summed E-state index contributed by atoms with van der Waals surface area (Å²) in [6, 6.07) is 7.92. The summed E-state index contributed by atoms with van der Waals surface area (Å²) in [7, 11) is 0. The van der Waals surface area contributed by atoms with Crippen molar-refractivity contribution >= 4 is 5.82 Å². The Balaban J connectivity index is 2.00. The molecule has 0 aliphatic rings. The van der Waals surface area contributed by atoms with Crippen LogP contribution < -0.4 is 0 Å². The number of aromatic hydroxyl groups is 1. The van der Waals surface area contributed by atoms with E-state index < -0.39 is 0 Å². The molecule has 2 aromatic heterocycles. The SMILES string of the molecule is O=Nc1ccc(-c2ccc(-n3nccn3)cc2O)nn1. The highest BCUT2D eigenvalue weighted by molar-refractivity contribution is 5.68. The lowest BCUT2D eigenvalue weighted by Crippen LogP contribution is -1.98. The average molecular weight is 268 g/mol. The first-order chi connectivity index (χ1) is 9.78. The van der Waals surface area contributed by atoms with E-state index in [0.29, 0.717) is 16.9 Å². The summed E-state index contributed by atoms with van der Waals surface area (Å²) in [6.45, 7) is 0. The lowest BCUT2D eigenvalue weighted by atomic mass is 10.1. The molecule has 0 saturated heterocycles. The number of hydrogen-bond donors (Lipinski definition) is 1. The predicted molar refractivity (Wildman–Crippen MR) is 69.5 cm³/mol. The lowest BCUT2D eigenvalue weighted by Gasteiger charge is -2.05. The topological polar surface area (TPSA) is 106 Å². The summed E-state index contributed by atoms with van der Waals surface area (Å²) in [5.41, 5.74) is 1.55. The smallest absolute Gasteiger partial charge is 0.218 e. The average Bonchev–Trinajstić information content (AvgIpc) is 3.01. The van der Waals surface area contributed by atoms with Gasteiger partial charge in [0.15, 0.2) is 0 Å². The third kappa shape index (κ3) is 2.09. The van der Waals surface area contributed by atoms with Gasteiger partial charge in [0.2, 0.25) is 5.82 Å². The van der Waals surface area contributed by atoms with Gasteiger partial charge in [-0.05, 0) is 29.4 Å². The lowest BCUT2D eigenvalue weighted by molar-refractivity contribution is 0.476. The van der Waals surface area contributed by atoms with Crippen molar-refractivity contribution in [1.82, 2.24) is 25.2 Å². The van der Waals surface area contributed by atoms with Crippen molar-refractivity contribution in [2.75, 3.05) is 0 Å². The largest absolute Gasteiger partial charge is 0.507 e. The Morgan fingerprint density at radius 2 is 1.85 bits per heavy atom. The van der Waals surface area contributed by atoms with Crippen LogP contribution in [0.2, 0.25) is 0 Å². The number of hydrogen-bond acceptors (Lipinski definition) is 7. The zero-order valence-electron chi connectivity index (χ0n) is 10.1. The Bertz CT molecular complexity index is 739. The normalized spacial score (nSPS) is 10.4. The maximum atomic E-state index is 10.3. The van der Waals surface area contributed by atoms with Crippen LogP contribution in [0, 0.1) is 4.91 Å². The molecule has 0 bridgehead atoms. The van der Waals surface area contributed by atoms with E-state index in [1.165, 1.54) is 16.9 Å². The molecule has 8 nitrogen and oxygen atoms in total. The highest BCUT2D eigenvalue weighted by atomic mass is 16.3. The zero-order valence-corrected chi connectivity index (χ0v) is 10.1. The molecule has 0 aliphatic carbocycles. The molecule has 1 N–H and O–H groups in total. The maximum Gasteiger partial charge on any atom is 0.218 e. The third-order valence-electron chi connectivity index (χ3n) is 2.65. The minimum Gasteiger partial charge on any atom is -0.507 e. The van der Waals surface area contributed by atoms with Crippen molar-refractivity contribution in [2.45, 2.75) is 0 Å². The summed E-state index contributed by atoms with van der Waals surface area (Å²) in [4.78, 5) is 11.7. The number of rotatable bonds is 3. The molecule has 2 heterocycles. The predicted octanol–water partition coefficient (Wildman–Crippen LogP) is 1.83. The fraction of sp³-hybridized carbons (Fsp3) is 0. The van der Waals surface area contributed by atoms with Crippen molar-refractivity contribution in [2.24, 2.45) is 5.18 Å². The fourth-order valence-electron chi connectivity index (χ4n) is 1.73. The van der Waals surface area contributed by atoms with E-state index in [4.69, 9.17) is 0 Å². The molecule has 0 spiro atoms. The molecule has 0 saturated carbocycles. The molecule has 3 rings (SSSR count). The first kappa shape index (κ1) is 11.9. The number of benzene rings is 1. The van der Waals surface area contributed by atoms with Crippen LogP contribution in [0.3, 0.4) is 0 Å². The third-order valence-corrected chi connectivity index (χ3v) is 2.65. The van der Waals surface area contributed by atoms with Crippen molar-refractivity contribution in [1.29, 1.82) is 0 Å². The molecule has 0 amide bonds. The van der Waals surface area contributed by atoms with Gasteiger partial charge in [-0.3, -0.25) is 0 Å². The Morgan fingerprint density at radius 3 is 2.45 bits per heavy atom. The molecule has 0 unspecified atom stereocenters. The number of phenolic OH excluding ortho intramolecular Hbond substituents is 1. The maximum absolute atomic E-state index is 10.3. The summed E-state index contributed by atoms with van der Waals surface area (Å²) in [5, 5.41) is 28.1. The van der Waals surface area contributed by atoms with E-state index in [1.807, 2.05) is 0 Å². The molecule has 1 aromatic carbocycles. The second-order valence-corrected chi connectivity index (χ2v) is 3.89. The molecule has 0 radical (unpaired) electrons. The van der Waals surface area contributed by atoms with Gasteiger partial charge >= 0.3 is 0 Å². The standard InChI is InChI=1S/C12H8N6O2/c19-11-7-8(18-13-5-6-14-18)1-2-9(11)10-3-4-12(17-20)16-15-10/h1-7,19H. The number of nitroso groups, excluding NO2 is 1. The fourth-order valence-corrected chi connectivity index (χ4v) is 1.73. The second-order valence-electron chi connectivity index (χ2n) is 3.89. The van der Waals surface area contributed by atoms with Gasteiger partial charge in [0.05, 0.1) is 23.8 Å². The Kier molecular flexibility index (Phi) is 2.88. The molecule has 98 valence electrons. The second kappa shape index (κ2) is 4.84. The molecule has 0 atom stereocenters. The van der Waals surface area contributed by atoms with Gasteiger partial charge in [-0.1, -0.05) is 0 Å². The highest BCUT2D eigenvalue weighted by Crippen LogP contribution is 2.29. The van der Waals surface area contributed by atoms with E-state index in [1.54, 1.807) is 30.6 Å². The van der Waals surface area contributed by atoms with Crippen LogP contribution in [0.5, 0.6) is 5.75 Å². The van der Waals surface area contributed by atoms with Gasteiger partial charge in [0, 0.05) is 11.6 Å². The molecule has 8 heteroatoms. The summed E-state index contributed by atoms with van der Waals surface area (Å²) in [6.07, 6.45) is 3.09. The van der Waals surface area contributed by atoms with Crippen molar-refractivity contribution in [3.05, 3.63) is 47.6 Å². The highest BCUT2D eigenvalue weighted by Gasteiger charge is 2.09. The van der Waals surface area contributed by atoms with Crippen LogP contribution in [0.4, 0.5) is 5.82 Å². The minimum atomic E-state index is -0.00870. The van der Waals surface area contributed by atoms with Gasteiger partial charge in [0.1, 0.15) is 5.75 Å². The zero-order chi connectivity index (χ0) is 13.9. The number of phenols is 1. The van der Waals surface area contributed by atoms with Crippen molar-refractivity contribution in [3.63, 3.8) is 0 Å². The number of aromatic nitrogens is 5. The van der Waals surface area contributed by atoms with Crippen molar-refractivity contribution < 1.29 is 5.11 Å². The van der Waals surface area contributed by atoms with E-state index in [9.17, 15) is 10.0 Å².